The van der Waals surface area contributed by atoms with Crippen molar-refractivity contribution in [3.63, 3.8) is 0 Å². The molecular formula is C6H13O2. The van der Waals surface area contributed by atoms with Gasteiger partial charge in [0.05, 0.1) is 13.7 Å². The number of unbranched alkanes of at least 4 members (excludes halogenated alkanes) is 2. The van der Waals surface area contributed by atoms with E-state index in [-0.39, 0.29) is 0 Å². The van der Waals surface area contributed by atoms with Crippen LogP contribution in [0.4, 0.5) is 0 Å². The van der Waals surface area contributed by atoms with Crippen molar-refractivity contribution in [3.05, 3.63) is 6.42 Å². The lowest BCUT2D eigenvalue weighted by molar-refractivity contribution is -0.272. The third-order valence-corrected chi connectivity index (χ3v) is 0.838. The maximum Gasteiger partial charge on any atom is 0.0822 e. The Morgan fingerprint density at radius 2 is 2.25 bits per heavy atom. The molecule has 2 nitrogen and oxygen atoms in total. The minimum atomic E-state index is 0.695. The molecule has 0 amide bonds. The van der Waals surface area contributed by atoms with Gasteiger partial charge < -0.3 is 0 Å². The molecule has 49 valence electrons. The molecule has 0 fully saturated rings. The van der Waals surface area contributed by atoms with Gasteiger partial charge in [0.1, 0.15) is 0 Å². The monoisotopic (exact) mass is 117 g/mol. The zero-order valence-corrected chi connectivity index (χ0v) is 5.52. The fourth-order valence-electron chi connectivity index (χ4n) is 0.430. The molecule has 0 aliphatic rings. The second-order valence-corrected chi connectivity index (χ2v) is 1.54. The molecule has 1 radical (unpaired) electrons. The summed E-state index contributed by atoms with van der Waals surface area (Å²) in [5.41, 5.74) is 0. The van der Waals surface area contributed by atoms with Gasteiger partial charge in [-0.05, 0) is 19.3 Å². The van der Waals surface area contributed by atoms with Crippen LogP contribution >= 0.6 is 0 Å². The summed E-state index contributed by atoms with van der Waals surface area (Å²) in [6.45, 7) is 2.73. The van der Waals surface area contributed by atoms with Crippen LogP contribution in [0.1, 0.15) is 19.8 Å². The molecule has 2 heteroatoms. The Morgan fingerprint density at radius 3 is 2.75 bits per heavy atom. The van der Waals surface area contributed by atoms with Gasteiger partial charge >= 0.3 is 0 Å². The average Bonchev–Trinajstić information content (AvgIpc) is 1.81. The lowest BCUT2D eigenvalue weighted by Gasteiger charge is -1.95. The van der Waals surface area contributed by atoms with Gasteiger partial charge in [-0.15, -0.1) is 0 Å². The second-order valence-electron chi connectivity index (χ2n) is 1.54. The summed E-state index contributed by atoms with van der Waals surface area (Å²) >= 11 is 0. The predicted molar refractivity (Wildman–Crippen MR) is 32.2 cm³/mol. The Bertz CT molecular complexity index is 31.5. The maximum absolute atomic E-state index is 4.62. The molecule has 0 heterocycles. The first kappa shape index (κ1) is 7.92. The molecule has 0 aliphatic carbocycles. The zero-order valence-electron chi connectivity index (χ0n) is 5.52. The standard InChI is InChI=1S/C6H13O2/c1-3-4-5-6-8-7-2/h3H,4-6H2,1-2H3. The molecule has 0 unspecified atom stereocenters. The van der Waals surface area contributed by atoms with Crippen LogP contribution in [0.25, 0.3) is 0 Å². The first-order valence-corrected chi connectivity index (χ1v) is 2.85. The van der Waals surface area contributed by atoms with E-state index in [2.05, 4.69) is 16.2 Å². The number of hydrogen-bond donors (Lipinski definition) is 0. The summed E-state index contributed by atoms with van der Waals surface area (Å²) < 4.78 is 0. The molecule has 0 saturated carbocycles. The minimum absolute atomic E-state index is 0.695. The highest BCUT2D eigenvalue weighted by Crippen LogP contribution is 1.91. The van der Waals surface area contributed by atoms with Gasteiger partial charge in [0.25, 0.3) is 0 Å². The van der Waals surface area contributed by atoms with Crippen molar-refractivity contribution in [2.75, 3.05) is 13.7 Å². The van der Waals surface area contributed by atoms with Crippen LogP contribution < -0.4 is 0 Å². The zero-order chi connectivity index (χ0) is 6.24. The summed E-state index contributed by atoms with van der Waals surface area (Å²) in [5, 5.41) is 0. The summed E-state index contributed by atoms with van der Waals surface area (Å²) in [6.07, 6.45) is 4.26. The molecule has 0 aliphatic heterocycles. The molecule has 0 aromatic heterocycles. The Labute approximate surface area is 50.7 Å². The molecule has 0 atom stereocenters. The van der Waals surface area contributed by atoms with E-state index >= 15 is 0 Å². The summed E-state index contributed by atoms with van der Waals surface area (Å²) in [7, 11) is 1.52. The van der Waals surface area contributed by atoms with Crippen LogP contribution in [0.15, 0.2) is 0 Å². The van der Waals surface area contributed by atoms with Crippen LogP contribution in [0.2, 0.25) is 0 Å². The van der Waals surface area contributed by atoms with Crippen molar-refractivity contribution >= 4 is 0 Å². The largest absolute Gasteiger partial charge is 0.240 e. The van der Waals surface area contributed by atoms with E-state index in [0.717, 1.165) is 12.8 Å². The SMILES string of the molecule is C[CH]CCCOOC. The minimum Gasteiger partial charge on any atom is -0.240 e. The van der Waals surface area contributed by atoms with E-state index in [1.165, 1.54) is 7.11 Å². The van der Waals surface area contributed by atoms with E-state index in [4.69, 9.17) is 0 Å². The van der Waals surface area contributed by atoms with Gasteiger partial charge in [0.2, 0.25) is 0 Å². The molecule has 0 rings (SSSR count). The quantitative estimate of drug-likeness (QED) is 0.309. The van der Waals surface area contributed by atoms with Crippen LogP contribution in [-0.4, -0.2) is 13.7 Å². The van der Waals surface area contributed by atoms with Crippen molar-refractivity contribution < 1.29 is 9.78 Å². The van der Waals surface area contributed by atoms with Gasteiger partial charge in [0, 0.05) is 0 Å². The van der Waals surface area contributed by atoms with Crippen molar-refractivity contribution in [2.45, 2.75) is 19.8 Å². The van der Waals surface area contributed by atoms with Crippen molar-refractivity contribution in [1.29, 1.82) is 0 Å². The van der Waals surface area contributed by atoms with Crippen molar-refractivity contribution in [3.8, 4) is 0 Å². The topological polar surface area (TPSA) is 18.5 Å². The summed E-state index contributed by atoms with van der Waals surface area (Å²) in [6, 6.07) is 0. The molecule has 0 saturated heterocycles. The highest BCUT2D eigenvalue weighted by Gasteiger charge is 1.83. The third-order valence-electron chi connectivity index (χ3n) is 0.838. The van der Waals surface area contributed by atoms with Crippen LogP contribution in [0.5, 0.6) is 0 Å². The lowest BCUT2D eigenvalue weighted by Crippen LogP contribution is -1.91. The fraction of sp³-hybridized carbons (Fsp3) is 0.833. The highest BCUT2D eigenvalue weighted by molar-refractivity contribution is 4.53. The Balaban J connectivity index is 2.53. The summed E-state index contributed by atoms with van der Waals surface area (Å²) in [5.74, 6) is 0. The third kappa shape index (κ3) is 5.92. The van der Waals surface area contributed by atoms with Gasteiger partial charge in [0.15, 0.2) is 0 Å². The molecular weight excluding hydrogens is 104 g/mol. The first-order valence-electron chi connectivity index (χ1n) is 2.85. The van der Waals surface area contributed by atoms with Crippen molar-refractivity contribution in [1.82, 2.24) is 0 Å². The average molecular weight is 117 g/mol. The lowest BCUT2D eigenvalue weighted by atomic mass is 10.3. The number of hydrogen-bond acceptors (Lipinski definition) is 2. The highest BCUT2D eigenvalue weighted by atomic mass is 17.2. The van der Waals surface area contributed by atoms with E-state index in [1.807, 2.05) is 6.92 Å². The molecule has 0 aromatic rings. The smallest absolute Gasteiger partial charge is 0.0822 e. The Hall–Kier alpha value is -0.0800. The van der Waals surface area contributed by atoms with E-state index in [1.54, 1.807) is 0 Å². The van der Waals surface area contributed by atoms with Crippen LogP contribution in [0, 0.1) is 6.42 Å². The van der Waals surface area contributed by atoms with Crippen LogP contribution in [0.3, 0.4) is 0 Å². The molecule has 8 heavy (non-hydrogen) atoms. The second kappa shape index (κ2) is 6.92. The fourth-order valence-corrected chi connectivity index (χ4v) is 0.430. The Morgan fingerprint density at radius 1 is 1.50 bits per heavy atom. The van der Waals surface area contributed by atoms with E-state index < -0.39 is 0 Å². The first-order chi connectivity index (χ1) is 3.91. The number of rotatable bonds is 5. The maximum atomic E-state index is 4.62. The van der Waals surface area contributed by atoms with E-state index in [0.29, 0.717) is 6.61 Å². The Kier molecular flexibility index (Phi) is 6.85. The van der Waals surface area contributed by atoms with Gasteiger partial charge in [-0.25, -0.2) is 9.78 Å². The van der Waals surface area contributed by atoms with Gasteiger partial charge in [-0.3, -0.25) is 0 Å². The van der Waals surface area contributed by atoms with E-state index in [9.17, 15) is 0 Å². The molecule has 0 spiro atoms. The van der Waals surface area contributed by atoms with Gasteiger partial charge in [-0.2, -0.15) is 0 Å². The molecule has 0 bridgehead atoms. The van der Waals surface area contributed by atoms with Crippen LogP contribution in [-0.2, 0) is 9.78 Å². The summed E-state index contributed by atoms with van der Waals surface area (Å²) in [4.78, 5) is 8.99. The predicted octanol–water partition coefficient (Wildman–Crippen LogP) is 1.57. The molecule has 0 aromatic carbocycles. The molecule has 0 N–H and O–H groups in total. The van der Waals surface area contributed by atoms with Crippen molar-refractivity contribution in [2.24, 2.45) is 0 Å². The van der Waals surface area contributed by atoms with Gasteiger partial charge in [-0.1, -0.05) is 6.92 Å². The normalized spacial score (nSPS) is 9.75.